The van der Waals surface area contributed by atoms with Crippen LogP contribution in [0, 0.1) is 0 Å². The second-order valence-corrected chi connectivity index (χ2v) is 14.1. The van der Waals surface area contributed by atoms with Crippen molar-refractivity contribution in [1.82, 2.24) is 0 Å². The van der Waals surface area contributed by atoms with E-state index in [9.17, 15) is 86.8 Å². The van der Waals surface area contributed by atoms with E-state index in [4.69, 9.17) is 43.6 Å². The molecule has 0 aromatic carbocycles. The average molecular weight is 844 g/mol. The lowest BCUT2D eigenvalue weighted by Gasteiger charge is -2.50. The first-order valence-electron chi connectivity index (χ1n) is 18.2. The molecule has 4 aliphatic rings. The van der Waals surface area contributed by atoms with E-state index in [1.165, 1.54) is 0 Å². The monoisotopic (exact) mass is 843 g/mol. The van der Waals surface area contributed by atoms with Gasteiger partial charge in [-0.05, 0) is 13.0 Å². The number of ether oxygens (including phenoxy) is 8. The molecule has 0 unspecified atom stereocenters. The van der Waals surface area contributed by atoms with Gasteiger partial charge in [0.1, 0.15) is 122 Å². The Morgan fingerprint density at radius 2 is 0.825 bits per heavy atom. The molecular weight excluding hydrogens is 786 g/mol. The van der Waals surface area contributed by atoms with Gasteiger partial charge in [0.05, 0.1) is 33.0 Å². The van der Waals surface area contributed by atoms with Crippen molar-refractivity contribution >= 4 is 0 Å². The molecule has 0 amide bonds. The molecular formula is C31H57NO25. The van der Waals surface area contributed by atoms with Gasteiger partial charge in [-0.2, -0.15) is 0 Å². The summed E-state index contributed by atoms with van der Waals surface area (Å²) in [5, 5.41) is 177. The van der Waals surface area contributed by atoms with Crippen molar-refractivity contribution in [3.8, 4) is 0 Å². The first-order chi connectivity index (χ1) is 27.0. The highest BCUT2D eigenvalue weighted by atomic mass is 16.8. The van der Waals surface area contributed by atoms with Crippen molar-refractivity contribution < 1.29 is 125 Å². The lowest BCUT2D eigenvalue weighted by molar-refractivity contribution is -0.402. The van der Waals surface area contributed by atoms with E-state index in [1.807, 2.05) is 0 Å². The van der Waals surface area contributed by atoms with E-state index in [2.05, 4.69) is 0 Å². The molecule has 0 aliphatic carbocycles. The first-order valence-corrected chi connectivity index (χ1v) is 18.2. The van der Waals surface area contributed by atoms with Crippen LogP contribution in [0.5, 0.6) is 0 Å². The van der Waals surface area contributed by atoms with Gasteiger partial charge in [0.25, 0.3) is 0 Å². The molecule has 336 valence electrons. The second kappa shape index (κ2) is 21.7. The smallest absolute Gasteiger partial charge is 0.187 e. The fraction of sp³-hybridized carbons (Fsp3) is 1.00. The van der Waals surface area contributed by atoms with Crippen LogP contribution in [0.4, 0.5) is 0 Å². The van der Waals surface area contributed by atoms with Gasteiger partial charge >= 0.3 is 0 Å². The lowest BCUT2D eigenvalue weighted by atomic mass is 9.93. The minimum Gasteiger partial charge on any atom is -0.394 e. The van der Waals surface area contributed by atoms with Gasteiger partial charge < -0.3 is 130 Å². The molecule has 4 saturated heterocycles. The molecule has 57 heavy (non-hydrogen) atoms. The van der Waals surface area contributed by atoms with Crippen molar-refractivity contribution in [2.45, 2.75) is 154 Å². The third-order valence-corrected chi connectivity index (χ3v) is 10.1. The van der Waals surface area contributed by atoms with Crippen LogP contribution in [-0.2, 0) is 37.9 Å². The highest BCUT2D eigenvalue weighted by Gasteiger charge is 2.57. The normalized spacial score (nSPS) is 46.6. The summed E-state index contributed by atoms with van der Waals surface area (Å²) in [5.74, 6) is 0. The highest BCUT2D eigenvalue weighted by molar-refractivity contribution is 5.00. The maximum absolute atomic E-state index is 11.3. The summed E-state index contributed by atoms with van der Waals surface area (Å²) in [6, 6.07) is 0. The number of aliphatic hydroxyl groups is 17. The average Bonchev–Trinajstić information content (AvgIpc) is 3.20. The van der Waals surface area contributed by atoms with Crippen LogP contribution < -0.4 is 5.73 Å². The van der Waals surface area contributed by atoms with Crippen LogP contribution in [0.25, 0.3) is 0 Å². The minimum absolute atomic E-state index is 0.124. The van der Waals surface area contributed by atoms with Crippen molar-refractivity contribution in [3.05, 3.63) is 0 Å². The predicted octanol–water partition coefficient (Wildman–Crippen LogP) is -11.9. The molecule has 24 atom stereocenters. The molecule has 4 aliphatic heterocycles. The summed E-state index contributed by atoms with van der Waals surface area (Å²) in [5.41, 5.74) is 5.53. The van der Waals surface area contributed by atoms with Crippen LogP contribution in [0.2, 0.25) is 0 Å². The van der Waals surface area contributed by atoms with Crippen molar-refractivity contribution in [1.29, 1.82) is 0 Å². The molecule has 0 spiro atoms. The highest BCUT2D eigenvalue weighted by Crippen LogP contribution is 2.36. The molecule has 0 radical (unpaired) electrons. The number of aliphatic hydroxyl groups excluding tert-OH is 17. The Kier molecular flexibility index (Phi) is 18.5. The summed E-state index contributed by atoms with van der Waals surface area (Å²) < 4.78 is 45.0. The van der Waals surface area contributed by atoms with Crippen molar-refractivity contribution in [3.63, 3.8) is 0 Å². The topological polar surface area (TPSA) is 444 Å². The predicted molar refractivity (Wildman–Crippen MR) is 175 cm³/mol. The van der Waals surface area contributed by atoms with Crippen molar-refractivity contribution in [2.75, 3.05) is 39.6 Å². The second-order valence-electron chi connectivity index (χ2n) is 14.1. The molecule has 0 aromatic rings. The molecule has 0 saturated carbocycles. The molecule has 19 N–H and O–H groups in total. The lowest BCUT2D eigenvalue weighted by Crippen LogP contribution is -2.69. The van der Waals surface area contributed by atoms with E-state index in [-0.39, 0.29) is 19.6 Å². The van der Waals surface area contributed by atoms with Crippen LogP contribution in [0.15, 0.2) is 0 Å². The number of hydrogen-bond donors (Lipinski definition) is 18. The van der Waals surface area contributed by atoms with Crippen LogP contribution in [0.3, 0.4) is 0 Å². The Morgan fingerprint density at radius 3 is 1.30 bits per heavy atom. The van der Waals surface area contributed by atoms with Gasteiger partial charge in [0, 0.05) is 0 Å². The molecule has 4 fully saturated rings. The summed E-state index contributed by atoms with van der Waals surface area (Å²) >= 11 is 0. The fourth-order valence-electron chi connectivity index (χ4n) is 6.79. The van der Waals surface area contributed by atoms with Crippen LogP contribution >= 0.6 is 0 Å². The molecule has 26 heteroatoms. The summed E-state index contributed by atoms with van der Waals surface area (Å²) in [6.07, 6.45) is -47.1. The van der Waals surface area contributed by atoms with E-state index in [0.717, 1.165) is 0 Å². The van der Waals surface area contributed by atoms with Crippen LogP contribution in [0.1, 0.15) is 6.42 Å². The third-order valence-electron chi connectivity index (χ3n) is 10.1. The summed E-state index contributed by atoms with van der Waals surface area (Å²) in [7, 11) is 0. The Balaban J connectivity index is 1.62. The zero-order chi connectivity index (χ0) is 42.5. The largest absolute Gasteiger partial charge is 0.394 e. The fourth-order valence-corrected chi connectivity index (χ4v) is 6.79. The molecule has 0 bridgehead atoms. The SMILES string of the molecule is NCCCO[C@H]1O[C@H]([C@H](O)CO)[C@@H](O)[C@H](O)[C@@H]1O[C@H]1O[C@H]([C@H](O)CO)[C@@H](O)[C@H](O)[C@@H]1O[C@H]1O[C@H]([C@@H](CO)O[C@H]2O[C@H]([C@H](O)CO)[C@@H](O)[C@H](O)[C@@H]2O)[C@@H](O)[C@H](O)[C@@H]1O. The maximum atomic E-state index is 11.3. The number of hydrogen-bond acceptors (Lipinski definition) is 26. The maximum Gasteiger partial charge on any atom is 0.187 e. The number of rotatable bonds is 18. The Hall–Kier alpha value is -1.04. The quantitative estimate of drug-likeness (QED) is 0.0570. The van der Waals surface area contributed by atoms with Gasteiger partial charge in [-0.1, -0.05) is 0 Å². The van der Waals surface area contributed by atoms with E-state index in [1.54, 1.807) is 0 Å². The molecule has 4 rings (SSSR count). The Labute approximate surface area is 323 Å². The van der Waals surface area contributed by atoms with Gasteiger partial charge in [0.15, 0.2) is 25.2 Å². The van der Waals surface area contributed by atoms with Gasteiger partial charge in [-0.25, -0.2) is 0 Å². The molecule has 4 heterocycles. The molecule has 0 aromatic heterocycles. The van der Waals surface area contributed by atoms with Gasteiger partial charge in [-0.3, -0.25) is 0 Å². The van der Waals surface area contributed by atoms with Crippen molar-refractivity contribution in [2.24, 2.45) is 5.73 Å². The zero-order valence-electron chi connectivity index (χ0n) is 30.3. The Bertz CT molecular complexity index is 1180. The van der Waals surface area contributed by atoms with Crippen LogP contribution in [-0.4, -0.2) is 274 Å². The Morgan fingerprint density at radius 1 is 0.439 bits per heavy atom. The van der Waals surface area contributed by atoms with E-state index < -0.39 is 174 Å². The van der Waals surface area contributed by atoms with E-state index in [0.29, 0.717) is 0 Å². The zero-order valence-corrected chi connectivity index (χ0v) is 30.3. The third kappa shape index (κ3) is 10.7. The summed E-state index contributed by atoms with van der Waals surface area (Å²) in [4.78, 5) is 0. The summed E-state index contributed by atoms with van der Waals surface area (Å²) in [6.45, 7) is -4.05. The van der Waals surface area contributed by atoms with Gasteiger partial charge in [-0.15, -0.1) is 0 Å². The first kappa shape index (κ1) is 48.6. The standard InChI is InChI=1S/C31H57NO25/c32-2-1-3-50-30-26(18(46)16(44)23(53-30)9(38)5-34)57-31-27(19(47)17(45)24(54-31)10(39)6-35)56-29-21(49)13(41)15(43)25(55-29)11(7-36)51-28-20(48)12(40)14(42)22(52-28)8(37)4-33/h8-31,33-49H,1-7,32H2/t8-,9-,10-,11-,12+,13+,14+,15+,16+,17+,18+,19+,20+,21+,22-,23-,24-,25-,26+,27+,28+,29-,30+,31-/m1/s1. The number of nitrogens with two attached hydrogens (primary N) is 1. The van der Waals surface area contributed by atoms with E-state index >= 15 is 0 Å². The molecule has 26 nitrogen and oxygen atoms in total. The minimum atomic E-state index is -2.22. The van der Waals surface area contributed by atoms with Gasteiger partial charge in [0.2, 0.25) is 0 Å².